The van der Waals surface area contributed by atoms with Crippen molar-refractivity contribution in [2.45, 2.75) is 50.2 Å². The van der Waals surface area contributed by atoms with E-state index in [2.05, 4.69) is 15.6 Å². The number of aromatic nitrogens is 1. The monoisotopic (exact) mass is 307 g/mol. The van der Waals surface area contributed by atoms with Crippen LogP contribution in [0.25, 0.3) is 0 Å². The number of hydrogen-bond acceptors (Lipinski definition) is 5. The fraction of sp³-hybridized carbons (Fsp3) is 0.733. The molecule has 0 aromatic carbocycles. The van der Waals surface area contributed by atoms with Gasteiger partial charge in [0.15, 0.2) is 5.13 Å². The molecule has 3 unspecified atom stereocenters. The van der Waals surface area contributed by atoms with Gasteiger partial charge >= 0.3 is 0 Å². The van der Waals surface area contributed by atoms with Crippen LogP contribution < -0.4 is 10.6 Å². The van der Waals surface area contributed by atoms with Gasteiger partial charge in [0.25, 0.3) is 0 Å². The van der Waals surface area contributed by atoms with Crippen LogP contribution in [-0.4, -0.2) is 36.2 Å². The lowest BCUT2D eigenvalue weighted by atomic mass is 9.89. The molecule has 3 aliphatic heterocycles. The third-order valence-electron chi connectivity index (χ3n) is 4.94. The zero-order valence-electron chi connectivity index (χ0n) is 12.0. The van der Waals surface area contributed by atoms with Crippen molar-refractivity contribution in [1.29, 1.82) is 0 Å². The number of nitrogens with one attached hydrogen (secondary N) is 2. The number of fused-ring (bicyclic) bond motifs is 2. The fourth-order valence-corrected chi connectivity index (χ4v) is 4.74. The Morgan fingerprint density at radius 1 is 1.33 bits per heavy atom. The molecular weight excluding hydrogens is 286 g/mol. The maximum Gasteiger partial charge on any atom is 0.231 e. The molecule has 3 saturated heterocycles. The number of piperidine rings is 1. The van der Waals surface area contributed by atoms with Gasteiger partial charge in [0.05, 0.1) is 18.1 Å². The van der Waals surface area contributed by atoms with Gasteiger partial charge in [-0.1, -0.05) is 0 Å². The Morgan fingerprint density at radius 3 is 2.90 bits per heavy atom. The van der Waals surface area contributed by atoms with Gasteiger partial charge in [0, 0.05) is 11.1 Å². The zero-order chi connectivity index (χ0) is 14.2. The van der Waals surface area contributed by atoms with E-state index in [9.17, 15) is 4.79 Å². The van der Waals surface area contributed by atoms with Gasteiger partial charge in [-0.25, -0.2) is 4.98 Å². The lowest BCUT2D eigenvalue weighted by Crippen LogP contribution is -2.30. The average Bonchev–Trinajstić information content (AvgIpc) is 3.24. The van der Waals surface area contributed by atoms with Crippen molar-refractivity contribution in [2.24, 2.45) is 5.92 Å². The minimum Gasteiger partial charge on any atom is -0.374 e. The molecule has 0 radical (unpaired) electrons. The normalized spacial score (nSPS) is 32.5. The van der Waals surface area contributed by atoms with E-state index in [1.165, 1.54) is 4.88 Å². The second kappa shape index (κ2) is 5.66. The van der Waals surface area contributed by atoms with Gasteiger partial charge in [0.2, 0.25) is 5.91 Å². The van der Waals surface area contributed by atoms with Crippen LogP contribution in [0.1, 0.15) is 42.9 Å². The largest absolute Gasteiger partial charge is 0.374 e. The summed E-state index contributed by atoms with van der Waals surface area (Å²) >= 11 is 1.63. The van der Waals surface area contributed by atoms with E-state index in [0.29, 0.717) is 12.0 Å². The van der Waals surface area contributed by atoms with Gasteiger partial charge in [-0.3, -0.25) is 4.79 Å². The van der Waals surface area contributed by atoms with Crippen LogP contribution in [0, 0.1) is 5.92 Å². The van der Waals surface area contributed by atoms with E-state index in [4.69, 9.17) is 4.74 Å². The second-order valence-corrected chi connectivity index (χ2v) is 7.36. The first-order valence-corrected chi connectivity index (χ1v) is 8.74. The molecule has 1 amide bonds. The minimum atomic E-state index is 0.0231. The maximum atomic E-state index is 12.4. The molecular formula is C15H21N3O2S. The molecule has 3 atom stereocenters. The first-order chi connectivity index (χ1) is 10.3. The summed E-state index contributed by atoms with van der Waals surface area (Å²) in [5.74, 6) is 0.712. The Balaban J connectivity index is 1.38. The number of carbonyl (C=O) groups is 1. The van der Waals surface area contributed by atoms with E-state index in [0.717, 1.165) is 50.3 Å². The molecule has 1 aromatic rings. The molecule has 0 spiro atoms. The number of nitrogens with zero attached hydrogens (tertiary/aromatic N) is 1. The van der Waals surface area contributed by atoms with E-state index < -0.39 is 0 Å². The van der Waals surface area contributed by atoms with E-state index in [1.54, 1.807) is 11.3 Å². The van der Waals surface area contributed by atoms with Crippen LogP contribution in [-0.2, 0) is 9.53 Å². The predicted molar refractivity (Wildman–Crippen MR) is 81.6 cm³/mol. The summed E-state index contributed by atoms with van der Waals surface area (Å²) in [4.78, 5) is 18.0. The summed E-state index contributed by atoms with van der Waals surface area (Å²) in [5.41, 5.74) is 0. The number of hydrogen-bond donors (Lipinski definition) is 2. The molecule has 5 nitrogen and oxygen atoms in total. The van der Waals surface area contributed by atoms with Crippen LogP contribution >= 0.6 is 11.3 Å². The molecule has 6 heteroatoms. The van der Waals surface area contributed by atoms with E-state index >= 15 is 0 Å². The van der Waals surface area contributed by atoms with Crippen molar-refractivity contribution in [1.82, 2.24) is 10.3 Å². The fourth-order valence-electron chi connectivity index (χ4n) is 3.75. The van der Waals surface area contributed by atoms with Crippen molar-refractivity contribution in [2.75, 3.05) is 18.4 Å². The highest BCUT2D eigenvalue weighted by Crippen LogP contribution is 2.39. The van der Waals surface area contributed by atoms with Crippen molar-refractivity contribution in [3.8, 4) is 0 Å². The quantitative estimate of drug-likeness (QED) is 0.898. The number of amides is 1. The first kappa shape index (κ1) is 13.7. The molecule has 4 rings (SSSR count). The summed E-state index contributed by atoms with van der Waals surface area (Å²) in [6.45, 7) is 2.15. The number of ether oxygens (including phenoxy) is 1. The van der Waals surface area contributed by atoms with Gasteiger partial charge in [-0.05, 0) is 51.1 Å². The zero-order valence-corrected chi connectivity index (χ0v) is 12.8. The van der Waals surface area contributed by atoms with Gasteiger partial charge < -0.3 is 15.4 Å². The van der Waals surface area contributed by atoms with Gasteiger partial charge in [0.1, 0.15) is 0 Å². The van der Waals surface area contributed by atoms with Crippen molar-refractivity contribution < 1.29 is 9.53 Å². The lowest BCUT2D eigenvalue weighted by molar-refractivity contribution is -0.121. The Kier molecular flexibility index (Phi) is 3.69. The smallest absolute Gasteiger partial charge is 0.231 e. The first-order valence-electron chi connectivity index (χ1n) is 7.92. The highest BCUT2D eigenvalue weighted by molar-refractivity contribution is 7.15. The Hall–Kier alpha value is -0.980. The molecule has 0 aliphatic carbocycles. The summed E-state index contributed by atoms with van der Waals surface area (Å²) in [6.07, 6.45) is 7.74. The number of carbonyl (C=O) groups excluding carboxylic acids is 1. The summed E-state index contributed by atoms with van der Waals surface area (Å²) in [5, 5.41) is 7.12. The SMILES string of the molecule is O=C(Nc1ncc(C2CCNCC2)s1)C1CC2CCC1O2. The molecule has 1 aromatic heterocycles. The predicted octanol–water partition coefficient (Wildman–Crippen LogP) is 2.12. The summed E-state index contributed by atoms with van der Waals surface area (Å²) in [6, 6.07) is 0. The van der Waals surface area contributed by atoms with E-state index in [1.807, 2.05) is 6.20 Å². The molecule has 3 fully saturated rings. The topological polar surface area (TPSA) is 63.2 Å². The standard InChI is InChI=1S/C15H21N3O2S/c19-14(11-7-10-1-2-12(11)20-10)18-15-17-8-13(21-15)9-3-5-16-6-4-9/h8-12,16H,1-7H2,(H,17,18,19). The molecule has 2 N–H and O–H groups in total. The Morgan fingerprint density at radius 2 is 2.19 bits per heavy atom. The third kappa shape index (κ3) is 2.72. The Labute approximate surface area is 128 Å². The molecule has 114 valence electrons. The lowest BCUT2D eigenvalue weighted by Gasteiger charge is -2.20. The number of rotatable bonds is 3. The van der Waals surface area contributed by atoms with Crippen molar-refractivity contribution >= 4 is 22.4 Å². The van der Waals surface area contributed by atoms with Crippen LogP contribution in [0.5, 0.6) is 0 Å². The maximum absolute atomic E-state index is 12.4. The molecule has 0 saturated carbocycles. The van der Waals surface area contributed by atoms with Gasteiger partial charge in [-0.15, -0.1) is 11.3 Å². The van der Waals surface area contributed by atoms with Crippen LogP contribution in [0.2, 0.25) is 0 Å². The average molecular weight is 307 g/mol. The number of anilines is 1. The third-order valence-corrected chi connectivity index (χ3v) is 6.01. The highest BCUT2D eigenvalue weighted by atomic mass is 32.1. The van der Waals surface area contributed by atoms with Crippen molar-refractivity contribution in [3.63, 3.8) is 0 Å². The van der Waals surface area contributed by atoms with Gasteiger partial charge in [-0.2, -0.15) is 0 Å². The number of thiazole rings is 1. The second-order valence-electron chi connectivity index (χ2n) is 6.30. The molecule has 4 heterocycles. The Bertz CT molecular complexity index is 527. The summed E-state index contributed by atoms with van der Waals surface area (Å²) in [7, 11) is 0. The molecule has 21 heavy (non-hydrogen) atoms. The molecule has 3 aliphatic rings. The molecule has 2 bridgehead atoms. The van der Waals surface area contributed by atoms with Crippen molar-refractivity contribution in [3.05, 3.63) is 11.1 Å². The minimum absolute atomic E-state index is 0.0231. The summed E-state index contributed by atoms with van der Waals surface area (Å²) < 4.78 is 5.76. The van der Waals surface area contributed by atoms with Crippen LogP contribution in [0.3, 0.4) is 0 Å². The van der Waals surface area contributed by atoms with E-state index in [-0.39, 0.29) is 17.9 Å². The van der Waals surface area contributed by atoms with Crippen LogP contribution in [0.4, 0.5) is 5.13 Å². The van der Waals surface area contributed by atoms with Crippen LogP contribution in [0.15, 0.2) is 6.20 Å². The highest BCUT2D eigenvalue weighted by Gasteiger charge is 2.44.